The lowest BCUT2D eigenvalue weighted by molar-refractivity contribution is 0.0930. The van der Waals surface area contributed by atoms with E-state index in [0.29, 0.717) is 16.5 Å². The van der Waals surface area contributed by atoms with E-state index in [4.69, 9.17) is 0 Å². The summed E-state index contributed by atoms with van der Waals surface area (Å²) in [6.07, 6.45) is 1.83. The zero-order chi connectivity index (χ0) is 17.2. The lowest BCUT2D eigenvalue weighted by atomic mass is 9.85. The van der Waals surface area contributed by atoms with Crippen LogP contribution in [-0.4, -0.2) is 15.9 Å². The maximum Gasteiger partial charge on any atom is 0.287 e. The number of carbonyl (C=O) groups is 1. The number of benzene rings is 1. The van der Waals surface area contributed by atoms with Gasteiger partial charge in [-0.05, 0) is 30.4 Å². The topological polar surface area (TPSA) is 57.8 Å². The molecule has 0 bridgehead atoms. The lowest BCUT2D eigenvalue weighted by Crippen LogP contribution is -2.28. The second-order valence-corrected chi connectivity index (χ2v) is 6.81. The van der Waals surface area contributed by atoms with Crippen LogP contribution in [0.25, 0.3) is 12.7 Å². The van der Waals surface area contributed by atoms with Crippen molar-refractivity contribution in [2.24, 2.45) is 0 Å². The number of hydrogen-bond acceptors (Lipinski definition) is 2. The number of H-pyrrole nitrogens is 1. The summed E-state index contributed by atoms with van der Waals surface area (Å²) in [5.41, 5.74) is 2.40. The van der Waals surface area contributed by atoms with Crippen molar-refractivity contribution in [2.75, 3.05) is 0 Å². The molecule has 2 rings (SSSR count). The number of carbonyl (C=O) groups excluding carboxylic acids is 1. The van der Waals surface area contributed by atoms with Crippen LogP contribution in [0.2, 0.25) is 0 Å². The van der Waals surface area contributed by atoms with Crippen LogP contribution >= 0.6 is 0 Å². The Kier molecular flexibility index (Phi) is 4.73. The standard InChI is InChI=1S/C19H25N3O/c1-7-16-13(3)20-17(22-16)18(23)21-12(2)14-9-8-10-15(11-14)19(4,5)6/h7-12H,3H2,1-2,4-6H3,(H,20,22)(H,21,23)/b16-7+/t12-/m1/s1. The van der Waals surface area contributed by atoms with Gasteiger partial charge in [-0.25, -0.2) is 4.98 Å². The third kappa shape index (κ3) is 3.89. The largest absolute Gasteiger partial charge is 0.343 e. The molecular weight excluding hydrogens is 286 g/mol. The average Bonchev–Trinajstić information content (AvgIpc) is 2.87. The molecule has 2 N–H and O–H groups in total. The molecule has 0 spiro atoms. The summed E-state index contributed by atoms with van der Waals surface area (Å²) in [5.74, 6) is 0.0681. The predicted octanol–water partition coefficient (Wildman–Crippen LogP) is 2.41. The molecule has 1 amide bonds. The van der Waals surface area contributed by atoms with Crippen LogP contribution < -0.4 is 16.0 Å². The summed E-state index contributed by atoms with van der Waals surface area (Å²) < 4.78 is 0. The summed E-state index contributed by atoms with van der Waals surface area (Å²) in [6, 6.07) is 8.22. The fourth-order valence-electron chi connectivity index (χ4n) is 2.39. The molecule has 0 radical (unpaired) electrons. The van der Waals surface area contributed by atoms with E-state index in [9.17, 15) is 4.79 Å². The monoisotopic (exact) mass is 311 g/mol. The van der Waals surface area contributed by atoms with Gasteiger partial charge in [0.05, 0.1) is 16.7 Å². The Labute approximate surface area is 137 Å². The summed E-state index contributed by atoms with van der Waals surface area (Å²) in [6.45, 7) is 14.2. The number of rotatable bonds is 3. The Bertz CT molecular complexity index is 812. The third-order valence-corrected chi connectivity index (χ3v) is 3.90. The van der Waals surface area contributed by atoms with Crippen LogP contribution in [0, 0.1) is 0 Å². The molecule has 4 nitrogen and oxygen atoms in total. The van der Waals surface area contributed by atoms with Crippen molar-refractivity contribution in [3.8, 4) is 0 Å². The molecule has 1 aromatic heterocycles. The molecule has 1 atom stereocenters. The minimum atomic E-state index is -0.225. The van der Waals surface area contributed by atoms with Crippen molar-refractivity contribution in [3.05, 3.63) is 51.9 Å². The normalized spacial score (nSPS) is 13.9. The maximum absolute atomic E-state index is 12.3. The second kappa shape index (κ2) is 6.41. The molecule has 0 saturated heterocycles. The minimum Gasteiger partial charge on any atom is -0.343 e. The molecule has 122 valence electrons. The molecular formula is C19H25N3O. The molecule has 0 saturated carbocycles. The van der Waals surface area contributed by atoms with E-state index in [0.717, 1.165) is 5.56 Å². The van der Waals surface area contributed by atoms with Crippen molar-refractivity contribution in [2.45, 2.75) is 46.1 Å². The van der Waals surface area contributed by atoms with Crippen molar-refractivity contribution in [3.63, 3.8) is 0 Å². The highest BCUT2D eigenvalue weighted by Crippen LogP contribution is 2.25. The van der Waals surface area contributed by atoms with E-state index in [-0.39, 0.29) is 17.4 Å². The summed E-state index contributed by atoms with van der Waals surface area (Å²) in [5, 5.41) is 4.34. The first-order chi connectivity index (χ1) is 10.7. The van der Waals surface area contributed by atoms with E-state index in [1.54, 1.807) is 0 Å². The maximum atomic E-state index is 12.3. The molecule has 23 heavy (non-hydrogen) atoms. The van der Waals surface area contributed by atoms with Gasteiger partial charge in [-0.1, -0.05) is 57.7 Å². The van der Waals surface area contributed by atoms with E-state index >= 15 is 0 Å². The zero-order valence-corrected chi connectivity index (χ0v) is 14.5. The van der Waals surface area contributed by atoms with Gasteiger partial charge in [-0.2, -0.15) is 0 Å². The highest BCUT2D eigenvalue weighted by Gasteiger charge is 2.17. The number of amides is 1. The first kappa shape index (κ1) is 17.0. The van der Waals surface area contributed by atoms with Gasteiger partial charge in [-0.3, -0.25) is 4.79 Å². The molecule has 0 aliphatic carbocycles. The molecule has 0 aliphatic rings. The molecule has 0 aliphatic heterocycles. The number of nitrogens with zero attached hydrogens (tertiary/aromatic N) is 1. The van der Waals surface area contributed by atoms with Crippen molar-refractivity contribution in [1.29, 1.82) is 0 Å². The zero-order valence-electron chi connectivity index (χ0n) is 14.5. The van der Waals surface area contributed by atoms with Gasteiger partial charge < -0.3 is 10.3 Å². The Morgan fingerprint density at radius 1 is 1.39 bits per heavy atom. The third-order valence-electron chi connectivity index (χ3n) is 3.90. The van der Waals surface area contributed by atoms with E-state index in [1.807, 2.05) is 32.1 Å². The van der Waals surface area contributed by atoms with Gasteiger partial charge in [-0.15, -0.1) is 0 Å². The molecule has 0 unspecified atom stereocenters. The summed E-state index contributed by atoms with van der Waals surface area (Å²) in [4.78, 5) is 19.5. The Hall–Kier alpha value is -2.36. The predicted molar refractivity (Wildman–Crippen MR) is 94.5 cm³/mol. The van der Waals surface area contributed by atoms with Gasteiger partial charge in [0.1, 0.15) is 0 Å². The fraction of sp³-hybridized carbons (Fsp3) is 0.368. The number of hydrogen-bond donors (Lipinski definition) is 2. The van der Waals surface area contributed by atoms with Crippen molar-refractivity contribution >= 4 is 18.6 Å². The molecule has 4 heteroatoms. The summed E-state index contributed by atoms with van der Waals surface area (Å²) >= 11 is 0. The quantitative estimate of drug-likeness (QED) is 0.914. The van der Waals surface area contributed by atoms with E-state index in [2.05, 4.69) is 54.8 Å². The van der Waals surface area contributed by atoms with Crippen LogP contribution in [0.3, 0.4) is 0 Å². The van der Waals surface area contributed by atoms with Crippen LogP contribution in [0.1, 0.15) is 62.4 Å². The molecule has 0 fully saturated rings. The fourth-order valence-corrected chi connectivity index (χ4v) is 2.39. The van der Waals surface area contributed by atoms with Gasteiger partial charge in [0.15, 0.2) is 5.82 Å². The van der Waals surface area contributed by atoms with Gasteiger partial charge in [0, 0.05) is 0 Å². The van der Waals surface area contributed by atoms with Gasteiger partial charge >= 0.3 is 0 Å². The van der Waals surface area contributed by atoms with Crippen LogP contribution in [0.15, 0.2) is 24.3 Å². The number of aromatic nitrogens is 2. The van der Waals surface area contributed by atoms with Crippen LogP contribution in [0.4, 0.5) is 0 Å². The van der Waals surface area contributed by atoms with Crippen molar-refractivity contribution < 1.29 is 4.79 Å². The molecule has 1 heterocycles. The molecule has 2 aromatic rings. The SMILES string of the molecule is C=c1[nH]c(C(=O)N[C@H](C)c2cccc(C(C)(C)C)c2)n/c1=C/C. The number of nitrogens with one attached hydrogen (secondary N) is 2. The average molecular weight is 311 g/mol. The highest BCUT2D eigenvalue weighted by atomic mass is 16.2. The van der Waals surface area contributed by atoms with Gasteiger partial charge in [0.25, 0.3) is 5.91 Å². The first-order valence-electron chi connectivity index (χ1n) is 7.85. The number of aromatic amines is 1. The van der Waals surface area contributed by atoms with Gasteiger partial charge in [0.2, 0.25) is 0 Å². The first-order valence-corrected chi connectivity index (χ1v) is 7.85. The Morgan fingerprint density at radius 3 is 2.65 bits per heavy atom. The smallest absolute Gasteiger partial charge is 0.287 e. The Balaban J connectivity index is 2.20. The summed E-state index contributed by atoms with van der Waals surface area (Å²) in [7, 11) is 0. The highest BCUT2D eigenvalue weighted by molar-refractivity contribution is 5.90. The van der Waals surface area contributed by atoms with Crippen LogP contribution in [0.5, 0.6) is 0 Å². The number of imidazole rings is 1. The minimum absolute atomic E-state index is 0.0788. The second-order valence-electron chi connectivity index (χ2n) is 6.81. The van der Waals surface area contributed by atoms with Crippen LogP contribution in [-0.2, 0) is 5.41 Å². The van der Waals surface area contributed by atoms with E-state index in [1.165, 1.54) is 5.56 Å². The van der Waals surface area contributed by atoms with Crippen molar-refractivity contribution in [1.82, 2.24) is 15.3 Å². The van der Waals surface area contributed by atoms with E-state index < -0.39 is 0 Å². The lowest BCUT2D eigenvalue weighted by Gasteiger charge is -2.21. The Morgan fingerprint density at radius 2 is 2.09 bits per heavy atom. The molecule has 1 aromatic carbocycles.